The Labute approximate surface area is 204 Å². The molecule has 5 aromatic rings. The lowest BCUT2D eigenvalue weighted by atomic mass is 10.2. The number of amides is 1. The second-order valence-electron chi connectivity index (χ2n) is 7.61. The maximum atomic E-state index is 13.7. The zero-order valence-electron chi connectivity index (χ0n) is 19.0. The van der Waals surface area contributed by atoms with Crippen LogP contribution in [0.4, 0.5) is 0 Å². The Kier molecular flexibility index (Phi) is 6.19. The quantitative estimate of drug-likeness (QED) is 0.251. The van der Waals surface area contributed by atoms with Crippen molar-refractivity contribution in [3.05, 3.63) is 77.0 Å². The predicted octanol–water partition coefficient (Wildman–Crippen LogP) is 3.89. The highest BCUT2D eigenvalue weighted by Crippen LogP contribution is 2.31. The molecular weight excluding hydrogens is 468 g/mol. The number of methoxy groups -OCH3 is 2. The third-order valence-electron chi connectivity index (χ3n) is 5.49. The van der Waals surface area contributed by atoms with Gasteiger partial charge in [0.2, 0.25) is 5.91 Å². The summed E-state index contributed by atoms with van der Waals surface area (Å²) in [5.41, 5.74) is 2.01. The SMILES string of the molecule is COc1ccc(-n2c(SCC(=O)NCc3ccco3)nc3c([nH]c4ccccc43)c2=O)cc1OC. The molecular formula is C25H22N4O5S. The first-order valence-corrected chi connectivity index (χ1v) is 11.8. The third kappa shape index (κ3) is 4.35. The summed E-state index contributed by atoms with van der Waals surface area (Å²) in [6, 6.07) is 16.3. The number of carbonyl (C=O) groups excluding carboxylic acids is 1. The predicted molar refractivity (Wildman–Crippen MR) is 134 cm³/mol. The van der Waals surface area contributed by atoms with Gasteiger partial charge in [-0.15, -0.1) is 0 Å². The molecule has 1 amide bonds. The summed E-state index contributed by atoms with van der Waals surface area (Å²) in [5.74, 6) is 1.52. The van der Waals surface area contributed by atoms with E-state index in [1.165, 1.54) is 23.4 Å². The number of thioether (sulfide) groups is 1. The number of rotatable bonds is 8. The first-order valence-electron chi connectivity index (χ1n) is 10.8. The second-order valence-corrected chi connectivity index (χ2v) is 8.56. The zero-order valence-corrected chi connectivity index (χ0v) is 19.8. The fourth-order valence-corrected chi connectivity index (χ4v) is 4.65. The molecule has 0 aliphatic heterocycles. The summed E-state index contributed by atoms with van der Waals surface area (Å²) in [5, 5.41) is 4.03. The molecule has 178 valence electrons. The van der Waals surface area contributed by atoms with Gasteiger partial charge in [0, 0.05) is 17.0 Å². The Morgan fingerprint density at radius 1 is 1.11 bits per heavy atom. The number of H-pyrrole nitrogens is 1. The second kappa shape index (κ2) is 9.59. The van der Waals surface area contributed by atoms with Gasteiger partial charge >= 0.3 is 0 Å². The number of para-hydroxylation sites is 1. The topological polar surface area (TPSA) is 111 Å². The van der Waals surface area contributed by atoms with Gasteiger partial charge in [0.1, 0.15) is 16.8 Å². The highest BCUT2D eigenvalue weighted by atomic mass is 32.2. The third-order valence-corrected chi connectivity index (χ3v) is 6.43. The van der Waals surface area contributed by atoms with Gasteiger partial charge in [-0.05, 0) is 30.3 Å². The van der Waals surface area contributed by atoms with Crippen LogP contribution in [0.25, 0.3) is 27.6 Å². The van der Waals surface area contributed by atoms with Crippen molar-refractivity contribution in [2.75, 3.05) is 20.0 Å². The van der Waals surface area contributed by atoms with E-state index in [0.29, 0.717) is 39.1 Å². The highest BCUT2D eigenvalue weighted by Gasteiger charge is 2.19. The lowest BCUT2D eigenvalue weighted by Gasteiger charge is -2.14. The van der Waals surface area contributed by atoms with Gasteiger partial charge in [-0.1, -0.05) is 30.0 Å². The van der Waals surface area contributed by atoms with Crippen LogP contribution in [0.15, 0.2) is 75.2 Å². The number of hydrogen-bond acceptors (Lipinski definition) is 7. The first kappa shape index (κ1) is 22.6. The fraction of sp³-hybridized carbons (Fsp3) is 0.160. The summed E-state index contributed by atoms with van der Waals surface area (Å²) >= 11 is 1.17. The van der Waals surface area contributed by atoms with Crippen molar-refractivity contribution < 1.29 is 18.7 Å². The summed E-state index contributed by atoms with van der Waals surface area (Å²) in [4.78, 5) is 34.2. The molecule has 2 N–H and O–H groups in total. The van der Waals surface area contributed by atoms with Crippen LogP contribution in [0.2, 0.25) is 0 Å². The molecule has 10 heteroatoms. The van der Waals surface area contributed by atoms with Gasteiger partial charge in [-0.2, -0.15) is 0 Å². The summed E-state index contributed by atoms with van der Waals surface area (Å²) in [6.45, 7) is 0.282. The van der Waals surface area contributed by atoms with Crippen LogP contribution >= 0.6 is 11.8 Å². The number of nitrogens with zero attached hydrogens (tertiary/aromatic N) is 2. The minimum absolute atomic E-state index is 0.0638. The molecule has 0 aliphatic carbocycles. The smallest absolute Gasteiger partial charge is 0.283 e. The average molecular weight is 491 g/mol. The molecule has 3 aromatic heterocycles. The van der Waals surface area contributed by atoms with Crippen molar-refractivity contribution in [2.24, 2.45) is 0 Å². The van der Waals surface area contributed by atoms with Crippen LogP contribution in [0.1, 0.15) is 5.76 Å². The van der Waals surface area contributed by atoms with Gasteiger partial charge in [-0.3, -0.25) is 14.2 Å². The van der Waals surface area contributed by atoms with Crippen LogP contribution in [0, 0.1) is 0 Å². The molecule has 0 radical (unpaired) electrons. The van der Waals surface area contributed by atoms with Gasteiger partial charge in [0.05, 0.1) is 38.5 Å². The van der Waals surface area contributed by atoms with E-state index >= 15 is 0 Å². The zero-order chi connectivity index (χ0) is 24.4. The normalized spacial score (nSPS) is 11.1. The molecule has 0 aliphatic rings. The Balaban J connectivity index is 1.57. The van der Waals surface area contributed by atoms with Gasteiger partial charge in [-0.25, -0.2) is 4.98 Å². The Hall–Kier alpha value is -4.18. The van der Waals surface area contributed by atoms with Crippen molar-refractivity contribution >= 4 is 39.6 Å². The molecule has 2 aromatic carbocycles. The van der Waals surface area contributed by atoms with Gasteiger partial charge in [0.15, 0.2) is 16.7 Å². The van der Waals surface area contributed by atoms with E-state index in [0.717, 1.165) is 10.9 Å². The van der Waals surface area contributed by atoms with E-state index in [-0.39, 0.29) is 23.8 Å². The van der Waals surface area contributed by atoms with E-state index in [1.807, 2.05) is 24.3 Å². The monoisotopic (exact) mass is 490 g/mol. The van der Waals surface area contributed by atoms with Crippen molar-refractivity contribution in [1.82, 2.24) is 19.9 Å². The molecule has 3 heterocycles. The van der Waals surface area contributed by atoms with E-state index < -0.39 is 0 Å². The maximum absolute atomic E-state index is 13.7. The number of nitrogens with one attached hydrogen (secondary N) is 2. The Morgan fingerprint density at radius 3 is 2.71 bits per heavy atom. The number of hydrogen-bond donors (Lipinski definition) is 2. The van der Waals surface area contributed by atoms with Crippen LogP contribution in [0.3, 0.4) is 0 Å². The molecule has 0 unspecified atom stereocenters. The summed E-state index contributed by atoms with van der Waals surface area (Å²) in [7, 11) is 3.08. The van der Waals surface area contributed by atoms with Crippen LogP contribution in [-0.4, -0.2) is 40.4 Å². The molecule has 0 atom stereocenters. The highest BCUT2D eigenvalue weighted by molar-refractivity contribution is 7.99. The van der Waals surface area contributed by atoms with Crippen molar-refractivity contribution in [1.29, 1.82) is 0 Å². The van der Waals surface area contributed by atoms with Crippen LogP contribution in [0.5, 0.6) is 11.5 Å². The number of ether oxygens (including phenoxy) is 2. The van der Waals surface area contributed by atoms with Crippen molar-refractivity contribution in [3.8, 4) is 17.2 Å². The maximum Gasteiger partial charge on any atom is 0.283 e. The van der Waals surface area contributed by atoms with E-state index in [1.54, 1.807) is 43.7 Å². The van der Waals surface area contributed by atoms with Crippen LogP contribution < -0.4 is 20.3 Å². The summed E-state index contributed by atoms with van der Waals surface area (Å²) in [6.07, 6.45) is 1.55. The standard InChI is InChI=1S/C25H22N4O5S/c1-32-19-10-9-15(12-20(19)33-2)29-24(31)23-22(17-7-3-4-8-18(17)27-23)28-25(29)35-14-21(30)26-13-16-6-5-11-34-16/h3-12,27H,13-14H2,1-2H3,(H,26,30). The molecule has 9 nitrogen and oxygen atoms in total. The molecule has 35 heavy (non-hydrogen) atoms. The number of benzene rings is 2. The Bertz CT molecular complexity index is 1570. The molecule has 0 bridgehead atoms. The largest absolute Gasteiger partial charge is 0.493 e. The van der Waals surface area contributed by atoms with E-state index in [2.05, 4.69) is 10.3 Å². The minimum atomic E-state index is -0.281. The summed E-state index contributed by atoms with van der Waals surface area (Å²) < 4.78 is 17.5. The number of furan rings is 1. The van der Waals surface area contributed by atoms with Crippen LogP contribution in [-0.2, 0) is 11.3 Å². The van der Waals surface area contributed by atoms with E-state index in [4.69, 9.17) is 18.9 Å². The molecule has 5 rings (SSSR count). The number of aromatic amines is 1. The molecule has 0 fully saturated rings. The Morgan fingerprint density at radius 2 is 1.94 bits per heavy atom. The van der Waals surface area contributed by atoms with Gasteiger partial charge in [0.25, 0.3) is 5.56 Å². The fourth-order valence-electron chi connectivity index (χ4n) is 3.81. The van der Waals surface area contributed by atoms with Crippen molar-refractivity contribution in [3.63, 3.8) is 0 Å². The molecule has 0 saturated carbocycles. The van der Waals surface area contributed by atoms with E-state index in [9.17, 15) is 9.59 Å². The minimum Gasteiger partial charge on any atom is -0.493 e. The molecule has 0 spiro atoms. The lowest BCUT2D eigenvalue weighted by Crippen LogP contribution is -2.26. The number of carbonyl (C=O) groups is 1. The average Bonchev–Trinajstić information content (AvgIpc) is 3.54. The first-order chi connectivity index (χ1) is 17.1. The number of fused-ring (bicyclic) bond motifs is 3. The molecule has 0 saturated heterocycles. The number of aromatic nitrogens is 3. The lowest BCUT2D eigenvalue weighted by molar-refractivity contribution is -0.118. The van der Waals surface area contributed by atoms with Gasteiger partial charge < -0.3 is 24.2 Å². The van der Waals surface area contributed by atoms with Crippen molar-refractivity contribution in [2.45, 2.75) is 11.7 Å².